The van der Waals surface area contributed by atoms with Gasteiger partial charge in [-0.2, -0.15) is 0 Å². The predicted octanol–water partition coefficient (Wildman–Crippen LogP) is 3.19. The Hall–Kier alpha value is -1.35. The maximum absolute atomic E-state index is 5.83. The summed E-state index contributed by atoms with van der Waals surface area (Å²) in [4.78, 5) is 9.05. The van der Waals surface area contributed by atoms with Gasteiger partial charge in [0.2, 0.25) is 0 Å². The van der Waals surface area contributed by atoms with Crippen molar-refractivity contribution in [1.82, 2.24) is 14.5 Å². The van der Waals surface area contributed by atoms with E-state index < -0.39 is 0 Å². The molecule has 0 radical (unpaired) electrons. The van der Waals surface area contributed by atoms with E-state index in [-0.39, 0.29) is 0 Å². The molecule has 3 rings (SSSR count). The summed E-state index contributed by atoms with van der Waals surface area (Å²) in [6.45, 7) is 2.08. The first-order chi connectivity index (χ1) is 8.79. The van der Waals surface area contributed by atoms with Crippen molar-refractivity contribution in [3.63, 3.8) is 0 Å². The smallest absolute Gasteiger partial charge is 0.140 e. The van der Waals surface area contributed by atoms with E-state index in [1.807, 2.05) is 12.5 Å². The fourth-order valence-corrected chi connectivity index (χ4v) is 2.75. The van der Waals surface area contributed by atoms with Gasteiger partial charge in [-0.15, -0.1) is 11.6 Å². The number of aryl methyl sites for hydroxylation is 2. The number of fused-ring (bicyclic) bond motifs is 1. The second-order valence-corrected chi connectivity index (χ2v) is 5.10. The van der Waals surface area contributed by atoms with Crippen LogP contribution in [0.3, 0.4) is 0 Å². The van der Waals surface area contributed by atoms with Gasteiger partial charge in [-0.05, 0) is 49.8 Å². The van der Waals surface area contributed by atoms with Crippen molar-refractivity contribution < 1.29 is 0 Å². The Morgan fingerprint density at radius 1 is 1.28 bits per heavy atom. The molecule has 2 heterocycles. The molecule has 0 unspecified atom stereocenters. The van der Waals surface area contributed by atoms with Crippen LogP contribution in [0.4, 0.5) is 0 Å². The van der Waals surface area contributed by atoms with Gasteiger partial charge in [0.15, 0.2) is 0 Å². The number of nitrogens with zero attached hydrogens (tertiary/aromatic N) is 3. The van der Waals surface area contributed by atoms with Gasteiger partial charge in [-0.1, -0.05) is 0 Å². The molecule has 0 saturated carbocycles. The Morgan fingerprint density at radius 2 is 2.11 bits per heavy atom. The molecule has 4 heteroatoms. The lowest BCUT2D eigenvalue weighted by Gasteiger charge is -2.15. The summed E-state index contributed by atoms with van der Waals surface area (Å²) in [6.07, 6.45) is 8.46. The summed E-state index contributed by atoms with van der Waals surface area (Å²) in [7, 11) is 0. The average Bonchev–Trinajstić information content (AvgIpc) is 2.82. The van der Waals surface area contributed by atoms with Crippen molar-refractivity contribution >= 4 is 11.6 Å². The summed E-state index contributed by atoms with van der Waals surface area (Å²) in [5.74, 6) is 1.50. The van der Waals surface area contributed by atoms with Gasteiger partial charge >= 0.3 is 0 Å². The highest BCUT2D eigenvalue weighted by Crippen LogP contribution is 2.24. The summed E-state index contributed by atoms with van der Waals surface area (Å²) >= 11 is 5.83. The SMILES string of the molecule is Cc1cc(CCl)cnc1-n1cnc2c1CCCC2. The van der Waals surface area contributed by atoms with E-state index in [0.29, 0.717) is 5.88 Å². The number of pyridine rings is 1. The normalized spacial score (nSPS) is 14.6. The molecule has 1 aliphatic rings. The zero-order valence-corrected chi connectivity index (χ0v) is 11.2. The monoisotopic (exact) mass is 261 g/mol. The van der Waals surface area contributed by atoms with Crippen LogP contribution in [0, 0.1) is 6.92 Å². The molecule has 2 aromatic heterocycles. The minimum absolute atomic E-state index is 0.510. The van der Waals surface area contributed by atoms with Gasteiger partial charge in [-0.3, -0.25) is 4.57 Å². The first-order valence-electron chi connectivity index (χ1n) is 6.36. The van der Waals surface area contributed by atoms with Crippen LogP contribution in [0.25, 0.3) is 5.82 Å². The fourth-order valence-electron chi connectivity index (χ4n) is 2.60. The average molecular weight is 262 g/mol. The predicted molar refractivity (Wildman–Crippen MR) is 72.3 cm³/mol. The number of halogens is 1. The Balaban J connectivity index is 2.07. The van der Waals surface area contributed by atoms with Crippen LogP contribution in [0.2, 0.25) is 0 Å². The maximum atomic E-state index is 5.83. The van der Waals surface area contributed by atoms with Gasteiger partial charge in [-0.25, -0.2) is 9.97 Å². The summed E-state index contributed by atoms with van der Waals surface area (Å²) in [5, 5.41) is 0. The topological polar surface area (TPSA) is 30.7 Å². The quantitative estimate of drug-likeness (QED) is 0.778. The van der Waals surface area contributed by atoms with Gasteiger partial charge < -0.3 is 0 Å². The van der Waals surface area contributed by atoms with Crippen molar-refractivity contribution in [2.45, 2.75) is 38.5 Å². The Morgan fingerprint density at radius 3 is 2.89 bits per heavy atom. The van der Waals surface area contributed by atoms with Crippen molar-refractivity contribution in [3.8, 4) is 5.82 Å². The molecule has 0 saturated heterocycles. The molecule has 0 N–H and O–H groups in total. The van der Waals surface area contributed by atoms with Crippen molar-refractivity contribution in [2.75, 3.05) is 0 Å². The molecule has 0 bridgehead atoms. The Bertz CT molecular complexity index is 574. The van der Waals surface area contributed by atoms with E-state index in [1.54, 1.807) is 0 Å². The Kier molecular flexibility index (Phi) is 3.08. The van der Waals surface area contributed by atoms with E-state index in [9.17, 15) is 0 Å². The zero-order chi connectivity index (χ0) is 12.5. The third kappa shape index (κ3) is 1.93. The molecule has 1 aliphatic carbocycles. The lowest BCUT2D eigenvalue weighted by molar-refractivity contribution is 0.653. The number of aromatic nitrogens is 3. The molecular formula is C14H16ClN3. The number of hydrogen-bond donors (Lipinski definition) is 0. The number of imidazole rings is 1. The summed E-state index contributed by atoms with van der Waals surface area (Å²) in [6, 6.07) is 2.10. The van der Waals surface area contributed by atoms with Gasteiger partial charge in [0.1, 0.15) is 12.1 Å². The van der Waals surface area contributed by atoms with Crippen LogP contribution in [-0.4, -0.2) is 14.5 Å². The minimum Gasteiger partial charge on any atom is -0.287 e. The number of alkyl halides is 1. The van der Waals surface area contributed by atoms with E-state index >= 15 is 0 Å². The molecular weight excluding hydrogens is 246 g/mol. The molecule has 2 aromatic rings. The summed E-state index contributed by atoms with van der Waals surface area (Å²) in [5.41, 5.74) is 4.78. The molecule has 3 nitrogen and oxygen atoms in total. The molecule has 0 fully saturated rings. The highest BCUT2D eigenvalue weighted by Gasteiger charge is 2.17. The second kappa shape index (κ2) is 4.73. The number of hydrogen-bond acceptors (Lipinski definition) is 2. The van der Waals surface area contributed by atoms with Gasteiger partial charge in [0, 0.05) is 17.8 Å². The molecule has 0 spiro atoms. The molecule has 18 heavy (non-hydrogen) atoms. The highest BCUT2D eigenvalue weighted by atomic mass is 35.5. The van der Waals surface area contributed by atoms with E-state index in [2.05, 4.69) is 27.5 Å². The van der Waals surface area contributed by atoms with Crippen molar-refractivity contribution in [3.05, 3.63) is 41.1 Å². The van der Waals surface area contributed by atoms with Crippen LogP contribution in [0.1, 0.15) is 35.4 Å². The lowest BCUT2D eigenvalue weighted by atomic mass is 10.0. The largest absolute Gasteiger partial charge is 0.287 e. The van der Waals surface area contributed by atoms with Crippen LogP contribution >= 0.6 is 11.6 Å². The van der Waals surface area contributed by atoms with Crippen LogP contribution < -0.4 is 0 Å². The van der Waals surface area contributed by atoms with Gasteiger partial charge in [0.05, 0.1) is 5.69 Å². The second-order valence-electron chi connectivity index (χ2n) is 4.83. The molecule has 94 valence electrons. The molecule has 0 aliphatic heterocycles. The van der Waals surface area contributed by atoms with Crippen LogP contribution in [0.5, 0.6) is 0 Å². The van der Waals surface area contributed by atoms with E-state index in [0.717, 1.165) is 29.8 Å². The Labute approximate surface area is 112 Å². The van der Waals surface area contributed by atoms with Gasteiger partial charge in [0.25, 0.3) is 0 Å². The summed E-state index contributed by atoms with van der Waals surface area (Å²) < 4.78 is 2.14. The zero-order valence-electron chi connectivity index (χ0n) is 10.5. The first kappa shape index (κ1) is 11.7. The van der Waals surface area contributed by atoms with E-state index in [1.165, 1.54) is 24.2 Å². The fraction of sp³-hybridized carbons (Fsp3) is 0.429. The van der Waals surface area contributed by atoms with Crippen molar-refractivity contribution in [2.24, 2.45) is 0 Å². The number of rotatable bonds is 2. The molecule has 0 amide bonds. The maximum Gasteiger partial charge on any atom is 0.140 e. The first-order valence-corrected chi connectivity index (χ1v) is 6.90. The molecule has 0 atom stereocenters. The van der Waals surface area contributed by atoms with Crippen LogP contribution in [0.15, 0.2) is 18.6 Å². The van der Waals surface area contributed by atoms with Crippen molar-refractivity contribution in [1.29, 1.82) is 0 Å². The minimum atomic E-state index is 0.510. The van der Waals surface area contributed by atoms with Crippen LogP contribution in [-0.2, 0) is 18.7 Å². The third-order valence-corrected chi connectivity index (χ3v) is 3.83. The standard InChI is InChI=1S/C14H16ClN3/c1-10-6-11(7-15)8-16-14(10)18-9-17-12-4-2-3-5-13(12)18/h6,8-9H,2-5,7H2,1H3. The van der Waals surface area contributed by atoms with E-state index in [4.69, 9.17) is 11.6 Å². The lowest BCUT2D eigenvalue weighted by Crippen LogP contribution is -2.09. The highest BCUT2D eigenvalue weighted by molar-refractivity contribution is 6.17. The molecule has 0 aromatic carbocycles. The third-order valence-electron chi connectivity index (χ3n) is 3.52.